The van der Waals surface area contributed by atoms with Crippen LogP contribution in [-0.2, 0) is 9.53 Å². The van der Waals surface area contributed by atoms with E-state index in [0.29, 0.717) is 0 Å². The molecule has 0 aromatic carbocycles. The van der Waals surface area contributed by atoms with E-state index in [4.69, 9.17) is 0 Å². The Morgan fingerprint density at radius 1 is 1.53 bits per heavy atom. The summed E-state index contributed by atoms with van der Waals surface area (Å²) >= 11 is 0. The predicted octanol–water partition coefficient (Wildman–Crippen LogP) is -0.582. The lowest BCUT2D eigenvalue weighted by atomic mass is 10.6. The average Bonchev–Trinajstić information content (AvgIpc) is 3.01. The zero-order chi connectivity index (χ0) is 10.8. The summed E-state index contributed by atoms with van der Waals surface area (Å²) < 4.78 is 6.71. The van der Waals surface area contributed by atoms with E-state index in [0.717, 1.165) is 23.6 Å². The van der Waals surface area contributed by atoms with E-state index in [9.17, 15) is 9.59 Å². The Balaban J connectivity index is 2.19. The average molecular weight is 210 g/mol. The number of hydrogen-bond acceptors (Lipinski definition) is 5. The summed E-state index contributed by atoms with van der Waals surface area (Å²) in [6.45, 7) is 0. The Bertz CT molecular complexity index is 455. The molecule has 1 aliphatic rings. The van der Waals surface area contributed by atoms with E-state index in [2.05, 4.69) is 15.2 Å². The van der Waals surface area contributed by atoms with Gasteiger partial charge < -0.3 is 4.74 Å². The third-order valence-electron chi connectivity index (χ3n) is 2.07. The third kappa shape index (κ3) is 1.95. The van der Waals surface area contributed by atoms with Gasteiger partial charge in [0.1, 0.15) is 0 Å². The van der Waals surface area contributed by atoms with Crippen LogP contribution in [0.1, 0.15) is 18.9 Å². The van der Waals surface area contributed by atoms with Gasteiger partial charge in [-0.1, -0.05) is 0 Å². The van der Waals surface area contributed by atoms with Crippen molar-refractivity contribution >= 4 is 12.2 Å². The van der Waals surface area contributed by atoms with E-state index in [1.807, 2.05) is 0 Å². The standard InChI is InChI=1S/C8H10N4O3/c1-15-7(13)4-5-11-8(14)12(10-9-11)6-2-3-6/h4-6H,2-3H2,1H3/b5-4+. The fourth-order valence-corrected chi connectivity index (χ4v) is 1.11. The van der Waals surface area contributed by atoms with Crippen LogP contribution < -0.4 is 5.69 Å². The smallest absolute Gasteiger partial charge is 0.368 e. The zero-order valence-electron chi connectivity index (χ0n) is 8.16. The van der Waals surface area contributed by atoms with Crippen molar-refractivity contribution in [3.63, 3.8) is 0 Å². The summed E-state index contributed by atoms with van der Waals surface area (Å²) in [5.74, 6) is -0.539. The number of carbonyl (C=O) groups is 1. The summed E-state index contributed by atoms with van der Waals surface area (Å²) in [7, 11) is 1.26. The van der Waals surface area contributed by atoms with Gasteiger partial charge in [-0.3, -0.25) is 0 Å². The van der Waals surface area contributed by atoms with Crippen molar-refractivity contribution < 1.29 is 9.53 Å². The topological polar surface area (TPSA) is 79.0 Å². The molecule has 15 heavy (non-hydrogen) atoms. The third-order valence-corrected chi connectivity index (χ3v) is 2.07. The van der Waals surface area contributed by atoms with Crippen molar-refractivity contribution in [1.82, 2.24) is 19.8 Å². The highest BCUT2D eigenvalue weighted by Gasteiger charge is 2.27. The number of carbonyl (C=O) groups excluding carboxylic acids is 1. The molecule has 0 radical (unpaired) electrons. The molecule has 2 rings (SSSR count). The molecule has 0 saturated heterocycles. The molecule has 1 fully saturated rings. The van der Waals surface area contributed by atoms with E-state index in [-0.39, 0.29) is 11.7 Å². The first-order valence-corrected chi connectivity index (χ1v) is 4.52. The van der Waals surface area contributed by atoms with E-state index in [1.54, 1.807) is 0 Å². The molecule has 1 aromatic rings. The minimum atomic E-state index is -0.539. The van der Waals surface area contributed by atoms with Gasteiger partial charge in [-0.2, -0.15) is 9.36 Å². The maximum absolute atomic E-state index is 11.5. The Morgan fingerprint density at radius 3 is 2.87 bits per heavy atom. The second-order valence-corrected chi connectivity index (χ2v) is 3.22. The fourth-order valence-electron chi connectivity index (χ4n) is 1.11. The predicted molar refractivity (Wildman–Crippen MR) is 49.9 cm³/mol. The lowest BCUT2D eigenvalue weighted by Crippen LogP contribution is -2.22. The maximum Gasteiger partial charge on any atom is 0.368 e. The molecule has 0 aliphatic heterocycles. The first kappa shape index (κ1) is 9.63. The van der Waals surface area contributed by atoms with Crippen LogP contribution in [-0.4, -0.2) is 32.9 Å². The molecule has 1 heterocycles. The van der Waals surface area contributed by atoms with E-state index >= 15 is 0 Å². The molecular formula is C8H10N4O3. The van der Waals surface area contributed by atoms with Crippen LogP contribution in [0, 0.1) is 0 Å². The van der Waals surface area contributed by atoms with Crippen LogP contribution in [0.2, 0.25) is 0 Å². The van der Waals surface area contributed by atoms with Crippen molar-refractivity contribution in [3.8, 4) is 0 Å². The number of hydrogen-bond donors (Lipinski definition) is 0. The van der Waals surface area contributed by atoms with Crippen LogP contribution in [0.3, 0.4) is 0 Å². The highest BCUT2D eigenvalue weighted by atomic mass is 16.5. The second kappa shape index (κ2) is 3.68. The monoisotopic (exact) mass is 210 g/mol. The van der Waals surface area contributed by atoms with Crippen LogP contribution in [0.15, 0.2) is 10.9 Å². The minimum Gasteiger partial charge on any atom is -0.466 e. The van der Waals surface area contributed by atoms with Gasteiger partial charge in [0.05, 0.1) is 13.2 Å². The SMILES string of the molecule is COC(=O)/C=C/n1nnn(C2CC2)c1=O. The molecule has 0 unspecified atom stereocenters. The Morgan fingerprint density at radius 2 is 2.27 bits per heavy atom. The van der Waals surface area contributed by atoms with Crippen LogP contribution in [0.5, 0.6) is 0 Å². The molecule has 7 nitrogen and oxygen atoms in total. The summed E-state index contributed by atoms with van der Waals surface area (Å²) in [6, 6.07) is 0.178. The van der Waals surface area contributed by atoms with Gasteiger partial charge >= 0.3 is 11.7 Å². The molecule has 0 amide bonds. The molecule has 1 aliphatic carbocycles. The van der Waals surface area contributed by atoms with Crippen molar-refractivity contribution in [2.75, 3.05) is 7.11 Å². The number of ether oxygens (including phenoxy) is 1. The summed E-state index contributed by atoms with van der Waals surface area (Å²) in [6.07, 6.45) is 4.27. The Labute approximate surface area is 84.9 Å². The molecule has 0 atom stereocenters. The lowest BCUT2D eigenvalue weighted by Gasteiger charge is -1.90. The van der Waals surface area contributed by atoms with Gasteiger partial charge in [-0.15, -0.1) is 0 Å². The minimum absolute atomic E-state index is 0.178. The highest BCUT2D eigenvalue weighted by Crippen LogP contribution is 2.32. The van der Waals surface area contributed by atoms with Crippen molar-refractivity contribution in [3.05, 3.63) is 16.6 Å². The summed E-state index contributed by atoms with van der Waals surface area (Å²) in [5.41, 5.74) is -0.336. The summed E-state index contributed by atoms with van der Waals surface area (Å²) in [5, 5.41) is 7.30. The van der Waals surface area contributed by atoms with Gasteiger partial charge in [0, 0.05) is 12.3 Å². The zero-order valence-corrected chi connectivity index (χ0v) is 8.16. The molecule has 0 bridgehead atoms. The van der Waals surface area contributed by atoms with Gasteiger partial charge in [-0.05, 0) is 23.3 Å². The molecule has 0 N–H and O–H groups in total. The molecule has 1 aromatic heterocycles. The van der Waals surface area contributed by atoms with Crippen molar-refractivity contribution in [2.24, 2.45) is 0 Å². The second-order valence-electron chi connectivity index (χ2n) is 3.22. The molecule has 0 spiro atoms. The first-order valence-electron chi connectivity index (χ1n) is 4.52. The molecule has 7 heteroatoms. The number of methoxy groups -OCH3 is 1. The largest absolute Gasteiger partial charge is 0.466 e. The Hall–Kier alpha value is -1.92. The van der Waals surface area contributed by atoms with E-state index in [1.165, 1.54) is 18.0 Å². The van der Waals surface area contributed by atoms with Crippen molar-refractivity contribution in [1.29, 1.82) is 0 Å². The molecular weight excluding hydrogens is 200 g/mol. The molecule has 80 valence electrons. The van der Waals surface area contributed by atoms with Gasteiger partial charge in [0.2, 0.25) is 0 Å². The lowest BCUT2D eigenvalue weighted by molar-refractivity contribution is -0.134. The normalized spacial score (nSPS) is 15.8. The van der Waals surface area contributed by atoms with Crippen LogP contribution >= 0.6 is 0 Å². The summed E-state index contributed by atoms with van der Waals surface area (Å²) in [4.78, 5) is 22.3. The number of esters is 1. The van der Waals surface area contributed by atoms with E-state index < -0.39 is 5.97 Å². The first-order chi connectivity index (χ1) is 7.22. The number of rotatable bonds is 3. The number of nitrogens with zero attached hydrogens (tertiary/aromatic N) is 4. The van der Waals surface area contributed by atoms with Gasteiger partial charge in [0.25, 0.3) is 0 Å². The van der Waals surface area contributed by atoms with Gasteiger partial charge in [0.15, 0.2) is 0 Å². The quantitative estimate of drug-likeness (QED) is 0.492. The van der Waals surface area contributed by atoms with Crippen LogP contribution in [0.25, 0.3) is 6.20 Å². The van der Waals surface area contributed by atoms with Crippen LogP contribution in [0.4, 0.5) is 0 Å². The molecule has 1 saturated carbocycles. The number of tetrazole rings is 1. The van der Waals surface area contributed by atoms with Crippen molar-refractivity contribution in [2.45, 2.75) is 18.9 Å². The fraction of sp³-hybridized carbons (Fsp3) is 0.500. The number of aromatic nitrogens is 4. The highest BCUT2D eigenvalue weighted by molar-refractivity contribution is 5.84. The van der Waals surface area contributed by atoms with Gasteiger partial charge in [-0.25, -0.2) is 9.59 Å². The maximum atomic E-state index is 11.5. The Kier molecular flexibility index (Phi) is 2.36.